The number of likely N-dealkylation sites (tertiary alicyclic amines) is 1. The Morgan fingerprint density at radius 2 is 1.73 bits per heavy atom. The van der Waals surface area contributed by atoms with Gasteiger partial charge in [-0.25, -0.2) is 4.98 Å². The van der Waals surface area contributed by atoms with Crippen LogP contribution in [0.2, 0.25) is 0 Å². The van der Waals surface area contributed by atoms with Crippen LogP contribution in [0.5, 0.6) is 0 Å². The Hall–Kier alpha value is -2.73. The summed E-state index contributed by atoms with van der Waals surface area (Å²) in [5, 5.41) is 4.07. The van der Waals surface area contributed by atoms with Crippen LogP contribution in [0.4, 0.5) is 5.69 Å². The van der Waals surface area contributed by atoms with Gasteiger partial charge in [0.1, 0.15) is 0 Å². The third-order valence-electron chi connectivity index (χ3n) is 5.46. The minimum Gasteiger partial charge on any atom is -0.339 e. The van der Waals surface area contributed by atoms with E-state index in [0.29, 0.717) is 17.7 Å². The van der Waals surface area contributed by atoms with Gasteiger partial charge in [0.15, 0.2) is 0 Å². The zero-order valence-electron chi connectivity index (χ0n) is 17.1. The fourth-order valence-electron chi connectivity index (χ4n) is 3.85. The summed E-state index contributed by atoms with van der Waals surface area (Å²) in [6, 6.07) is 15.5. The predicted octanol–water partition coefficient (Wildman–Crippen LogP) is 5.27. The lowest BCUT2D eigenvalue weighted by molar-refractivity contribution is -0.116. The lowest BCUT2D eigenvalue weighted by Gasteiger charge is -2.27. The van der Waals surface area contributed by atoms with Crippen LogP contribution in [0.1, 0.15) is 53.9 Å². The summed E-state index contributed by atoms with van der Waals surface area (Å²) in [6.45, 7) is 1.60. The Kier molecular flexibility index (Phi) is 6.74. The van der Waals surface area contributed by atoms with Crippen molar-refractivity contribution in [3.8, 4) is 0 Å². The van der Waals surface area contributed by atoms with Crippen molar-refractivity contribution in [3.63, 3.8) is 0 Å². The van der Waals surface area contributed by atoms with Gasteiger partial charge in [-0.2, -0.15) is 0 Å². The number of anilines is 1. The third-order valence-corrected chi connectivity index (χ3v) is 6.55. The van der Waals surface area contributed by atoms with E-state index in [1.165, 1.54) is 11.1 Å². The number of aryl methyl sites for hydroxylation is 1. The van der Waals surface area contributed by atoms with E-state index < -0.39 is 0 Å². The molecule has 2 aromatic carbocycles. The monoisotopic (exact) mass is 421 g/mol. The minimum absolute atomic E-state index is 0.0152. The number of hydrogen-bond acceptors (Lipinski definition) is 4. The molecular formula is C24H27N3O2S. The van der Waals surface area contributed by atoms with E-state index in [4.69, 9.17) is 0 Å². The van der Waals surface area contributed by atoms with Gasteiger partial charge in [0.05, 0.1) is 26.5 Å². The molecule has 4 rings (SSSR count). The van der Waals surface area contributed by atoms with E-state index in [1.807, 2.05) is 41.3 Å². The molecule has 1 aliphatic rings. The van der Waals surface area contributed by atoms with Crippen molar-refractivity contribution < 1.29 is 9.59 Å². The molecular weight excluding hydrogens is 394 g/mol. The first kappa shape index (κ1) is 20.5. The first-order chi connectivity index (χ1) is 14.7. The van der Waals surface area contributed by atoms with Gasteiger partial charge >= 0.3 is 0 Å². The highest BCUT2D eigenvalue weighted by Crippen LogP contribution is 2.23. The Morgan fingerprint density at radius 3 is 2.57 bits per heavy atom. The van der Waals surface area contributed by atoms with Crippen molar-refractivity contribution in [3.05, 3.63) is 59.1 Å². The number of nitrogens with zero attached hydrogens (tertiary/aromatic N) is 2. The Bertz CT molecular complexity index is 991. The molecule has 1 aromatic heterocycles. The highest BCUT2D eigenvalue weighted by Gasteiger charge is 2.21. The Morgan fingerprint density at radius 1 is 0.967 bits per heavy atom. The highest BCUT2D eigenvalue weighted by atomic mass is 32.1. The molecule has 0 spiro atoms. The van der Waals surface area contributed by atoms with Crippen LogP contribution >= 0.6 is 11.3 Å². The van der Waals surface area contributed by atoms with Crippen LogP contribution < -0.4 is 5.32 Å². The molecule has 6 heteroatoms. The SMILES string of the molecule is O=C(CCCCc1nc2ccccc2s1)Nc1ccccc1C(=O)N1CCCCC1. The molecule has 3 aromatic rings. The maximum absolute atomic E-state index is 12.9. The molecule has 156 valence electrons. The quantitative estimate of drug-likeness (QED) is 0.528. The Balaban J connectivity index is 1.28. The molecule has 0 bridgehead atoms. The van der Waals surface area contributed by atoms with Crippen molar-refractivity contribution in [2.24, 2.45) is 0 Å². The van der Waals surface area contributed by atoms with Gasteiger partial charge in [-0.05, 0) is 62.8 Å². The van der Waals surface area contributed by atoms with E-state index in [2.05, 4.69) is 16.4 Å². The van der Waals surface area contributed by atoms with Gasteiger partial charge in [0.2, 0.25) is 5.91 Å². The average molecular weight is 422 g/mol. The van der Waals surface area contributed by atoms with Crippen LogP contribution in [0.3, 0.4) is 0 Å². The molecule has 2 heterocycles. The lowest BCUT2D eigenvalue weighted by Crippen LogP contribution is -2.36. The standard InChI is InChI=1S/C24H27N3O2S/c28-22(14-6-7-15-23-26-20-12-4-5-13-21(20)30-23)25-19-11-3-2-10-18(19)24(29)27-16-8-1-9-17-27/h2-5,10-13H,1,6-9,14-17H2,(H,25,28). The number of hydrogen-bond donors (Lipinski definition) is 1. The van der Waals surface area contributed by atoms with E-state index in [1.54, 1.807) is 17.4 Å². The molecule has 5 nitrogen and oxygen atoms in total. The summed E-state index contributed by atoms with van der Waals surface area (Å²) in [6.07, 6.45) is 6.32. The van der Waals surface area contributed by atoms with Gasteiger partial charge in [0, 0.05) is 19.5 Å². The van der Waals surface area contributed by atoms with Crippen LogP contribution in [0.15, 0.2) is 48.5 Å². The number of rotatable bonds is 7. The van der Waals surface area contributed by atoms with Crippen molar-refractivity contribution in [2.45, 2.75) is 44.9 Å². The fourth-order valence-corrected chi connectivity index (χ4v) is 4.86. The van der Waals surface area contributed by atoms with Crippen molar-refractivity contribution in [2.75, 3.05) is 18.4 Å². The molecule has 0 radical (unpaired) electrons. The zero-order chi connectivity index (χ0) is 20.8. The molecule has 1 saturated heterocycles. The molecule has 2 amide bonds. The molecule has 30 heavy (non-hydrogen) atoms. The topological polar surface area (TPSA) is 62.3 Å². The van der Waals surface area contributed by atoms with E-state index in [0.717, 1.165) is 55.7 Å². The smallest absolute Gasteiger partial charge is 0.255 e. The predicted molar refractivity (Wildman–Crippen MR) is 122 cm³/mol. The van der Waals surface area contributed by atoms with Crippen molar-refractivity contribution in [1.82, 2.24) is 9.88 Å². The second-order valence-corrected chi connectivity index (χ2v) is 8.84. The van der Waals surface area contributed by atoms with E-state index in [-0.39, 0.29) is 11.8 Å². The number of carbonyl (C=O) groups excluding carboxylic acids is 2. The van der Waals surface area contributed by atoms with E-state index >= 15 is 0 Å². The van der Waals surface area contributed by atoms with Gasteiger partial charge in [-0.3, -0.25) is 9.59 Å². The summed E-state index contributed by atoms with van der Waals surface area (Å²) >= 11 is 1.72. The largest absolute Gasteiger partial charge is 0.339 e. The number of thiazole rings is 1. The maximum atomic E-state index is 12.9. The zero-order valence-corrected chi connectivity index (χ0v) is 17.9. The third kappa shape index (κ3) is 5.05. The number of carbonyl (C=O) groups is 2. The van der Waals surface area contributed by atoms with Gasteiger partial charge in [0.25, 0.3) is 5.91 Å². The summed E-state index contributed by atoms with van der Waals surface area (Å²) < 4.78 is 1.21. The number of benzene rings is 2. The Labute approximate surface area is 181 Å². The average Bonchev–Trinajstić information content (AvgIpc) is 3.20. The number of unbranched alkanes of at least 4 members (excludes halogenated alkanes) is 1. The number of piperidine rings is 1. The number of fused-ring (bicyclic) bond motifs is 1. The molecule has 0 atom stereocenters. The first-order valence-corrected chi connectivity index (χ1v) is 11.5. The molecule has 0 aliphatic carbocycles. The van der Waals surface area contributed by atoms with Crippen LogP contribution in [-0.4, -0.2) is 34.8 Å². The number of amides is 2. The van der Waals surface area contributed by atoms with Gasteiger partial charge in [-0.15, -0.1) is 11.3 Å². The summed E-state index contributed by atoms with van der Waals surface area (Å²) in [5.74, 6) is -0.0281. The van der Waals surface area contributed by atoms with Gasteiger partial charge in [-0.1, -0.05) is 24.3 Å². The van der Waals surface area contributed by atoms with Crippen molar-refractivity contribution in [1.29, 1.82) is 0 Å². The second kappa shape index (κ2) is 9.85. The fraction of sp³-hybridized carbons (Fsp3) is 0.375. The van der Waals surface area contributed by atoms with Gasteiger partial charge < -0.3 is 10.2 Å². The first-order valence-electron chi connectivity index (χ1n) is 10.7. The maximum Gasteiger partial charge on any atom is 0.255 e. The van der Waals surface area contributed by atoms with Crippen LogP contribution in [0, 0.1) is 0 Å². The normalized spacial score (nSPS) is 14.1. The highest BCUT2D eigenvalue weighted by molar-refractivity contribution is 7.18. The van der Waals surface area contributed by atoms with Crippen molar-refractivity contribution >= 4 is 39.1 Å². The molecule has 0 saturated carbocycles. The van der Waals surface area contributed by atoms with Crippen LogP contribution in [-0.2, 0) is 11.2 Å². The summed E-state index contributed by atoms with van der Waals surface area (Å²) in [7, 11) is 0. The lowest BCUT2D eigenvalue weighted by atomic mass is 10.1. The van der Waals surface area contributed by atoms with Crippen LogP contribution in [0.25, 0.3) is 10.2 Å². The summed E-state index contributed by atoms with van der Waals surface area (Å²) in [5.41, 5.74) is 2.25. The molecule has 1 fully saturated rings. The minimum atomic E-state index is -0.0433. The summed E-state index contributed by atoms with van der Waals surface area (Å²) in [4.78, 5) is 31.9. The second-order valence-electron chi connectivity index (χ2n) is 7.73. The number of nitrogens with one attached hydrogen (secondary N) is 1. The van der Waals surface area contributed by atoms with E-state index in [9.17, 15) is 9.59 Å². The molecule has 1 aliphatic heterocycles. The number of para-hydroxylation sites is 2. The molecule has 1 N–H and O–H groups in total. The molecule has 0 unspecified atom stereocenters. The number of aromatic nitrogens is 1.